The zero-order valence-corrected chi connectivity index (χ0v) is 12.7. The molecule has 1 atom stereocenters. The largest absolute Gasteiger partial charge is 0.496 e. The van der Waals surface area contributed by atoms with E-state index in [9.17, 15) is 0 Å². The zero-order valence-electron chi connectivity index (χ0n) is 12.7. The topological polar surface area (TPSA) is 39.7 Å². The Morgan fingerprint density at radius 3 is 2.20 bits per heavy atom. The van der Waals surface area contributed by atoms with Gasteiger partial charge in [0.25, 0.3) is 0 Å². The molecule has 0 saturated carbocycles. The first-order valence-electron chi connectivity index (χ1n) is 6.68. The molecule has 1 unspecified atom stereocenters. The Morgan fingerprint density at radius 2 is 1.70 bits per heavy atom. The van der Waals surface area contributed by atoms with E-state index in [1.807, 2.05) is 12.1 Å². The predicted molar refractivity (Wildman–Crippen MR) is 80.6 cm³/mol. The van der Waals surface area contributed by atoms with Gasteiger partial charge >= 0.3 is 0 Å². The second-order valence-corrected chi connectivity index (χ2v) is 4.36. The van der Waals surface area contributed by atoms with Gasteiger partial charge in [-0.3, -0.25) is 0 Å². The molecule has 0 aliphatic carbocycles. The van der Waals surface area contributed by atoms with Crippen molar-refractivity contribution in [2.45, 2.75) is 25.8 Å². The SMILES string of the molecule is C#CCC(NCCC)c1cc(OC)c(OC)cc1OC. The first kappa shape index (κ1) is 16.2. The molecule has 0 amide bonds. The second kappa shape index (κ2) is 8.34. The van der Waals surface area contributed by atoms with Crippen LogP contribution in [-0.2, 0) is 0 Å². The molecule has 20 heavy (non-hydrogen) atoms. The normalized spacial score (nSPS) is 11.6. The summed E-state index contributed by atoms with van der Waals surface area (Å²) in [6, 6.07) is 3.78. The van der Waals surface area contributed by atoms with E-state index >= 15 is 0 Å². The van der Waals surface area contributed by atoms with Crippen LogP contribution >= 0.6 is 0 Å². The van der Waals surface area contributed by atoms with Crippen molar-refractivity contribution >= 4 is 0 Å². The molecule has 4 nitrogen and oxygen atoms in total. The lowest BCUT2D eigenvalue weighted by atomic mass is 10.0. The van der Waals surface area contributed by atoms with E-state index in [4.69, 9.17) is 20.6 Å². The predicted octanol–water partition coefficient (Wildman–Crippen LogP) is 2.78. The first-order valence-corrected chi connectivity index (χ1v) is 6.68. The van der Waals surface area contributed by atoms with Crippen LogP contribution in [0.4, 0.5) is 0 Å². The van der Waals surface area contributed by atoms with Crippen molar-refractivity contribution in [1.82, 2.24) is 5.32 Å². The minimum atomic E-state index is 0.0368. The smallest absolute Gasteiger partial charge is 0.164 e. The molecular formula is C16H23NO3. The highest BCUT2D eigenvalue weighted by atomic mass is 16.5. The Labute approximate surface area is 121 Å². The van der Waals surface area contributed by atoms with Gasteiger partial charge in [0, 0.05) is 24.1 Å². The van der Waals surface area contributed by atoms with E-state index in [0.29, 0.717) is 17.9 Å². The lowest BCUT2D eigenvalue weighted by Crippen LogP contribution is -2.22. The summed E-state index contributed by atoms with van der Waals surface area (Å²) in [7, 11) is 4.85. The molecule has 0 bridgehead atoms. The monoisotopic (exact) mass is 277 g/mol. The van der Waals surface area contributed by atoms with Crippen LogP contribution in [0.15, 0.2) is 12.1 Å². The third-order valence-electron chi connectivity index (χ3n) is 3.07. The van der Waals surface area contributed by atoms with Gasteiger partial charge in [0.2, 0.25) is 0 Å². The Morgan fingerprint density at radius 1 is 1.10 bits per heavy atom. The summed E-state index contributed by atoms with van der Waals surface area (Å²) in [5.74, 6) is 4.76. The van der Waals surface area contributed by atoms with Crippen LogP contribution in [-0.4, -0.2) is 27.9 Å². The highest BCUT2D eigenvalue weighted by Crippen LogP contribution is 2.38. The van der Waals surface area contributed by atoms with Crippen LogP contribution in [0.3, 0.4) is 0 Å². The minimum Gasteiger partial charge on any atom is -0.496 e. The molecular weight excluding hydrogens is 254 g/mol. The molecule has 1 aromatic carbocycles. The van der Waals surface area contributed by atoms with Gasteiger partial charge < -0.3 is 19.5 Å². The fourth-order valence-corrected chi connectivity index (χ4v) is 2.05. The Balaban J connectivity index is 3.20. The van der Waals surface area contributed by atoms with E-state index in [0.717, 1.165) is 24.3 Å². The van der Waals surface area contributed by atoms with Gasteiger partial charge in [0.15, 0.2) is 11.5 Å². The van der Waals surface area contributed by atoms with Crippen molar-refractivity contribution in [3.8, 4) is 29.6 Å². The van der Waals surface area contributed by atoms with Crippen LogP contribution in [0.5, 0.6) is 17.2 Å². The average Bonchev–Trinajstić information content (AvgIpc) is 2.50. The van der Waals surface area contributed by atoms with Crippen molar-refractivity contribution in [3.05, 3.63) is 17.7 Å². The van der Waals surface area contributed by atoms with Crippen molar-refractivity contribution in [2.24, 2.45) is 0 Å². The van der Waals surface area contributed by atoms with Gasteiger partial charge in [0.05, 0.1) is 21.3 Å². The number of ether oxygens (including phenoxy) is 3. The minimum absolute atomic E-state index is 0.0368. The Bertz CT molecular complexity index is 466. The Hall–Kier alpha value is -1.86. The molecule has 1 N–H and O–H groups in total. The molecule has 110 valence electrons. The number of hydrogen-bond donors (Lipinski definition) is 1. The molecule has 0 aromatic heterocycles. The fraction of sp³-hybridized carbons (Fsp3) is 0.500. The van der Waals surface area contributed by atoms with Crippen LogP contribution in [0.2, 0.25) is 0 Å². The zero-order chi connectivity index (χ0) is 15.0. The third kappa shape index (κ3) is 3.82. The standard InChI is InChI=1S/C16H23NO3/c1-6-8-13(17-9-7-2)12-10-15(19-4)16(20-5)11-14(12)18-3/h1,10-11,13,17H,7-9H2,2-5H3. The molecule has 0 saturated heterocycles. The number of benzene rings is 1. The molecule has 0 radical (unpaired) electrons. The first-order chi connectivity index (χ1) is 9.71. The van der Waals surface area contributed by atoms with Gasteiger partial charge in [-0.15, -0.1) is 12.3 Å². The highest BCUT2D eigenvalue weighted by Gasteiger charge is 2.18. The number of nitrogens with one attached hydrogen (secondary N) is 1. The van der Waals surface area contributed by atoms with Crippen molar-refractivity contribution in [1.29, 1.82) is 0 Å². The van der Waals surface area contributed by atoms with Gasteiger partial charge in [-0.2, -0.15) is 0 Å². The van der Waals surface area contributed by atoms with E-state index < -0.39 is 0 Å². The van der Waals surface area contributed by atoms with Gasteiger partial charge in [-0.1, -0.05) is 6.92 Å². The highest BCUT2D eigenvalue weighted by molar-refractivity contribution is 5.52. The van der Waals surface area contributed by atoms with Gasteiger partial charge in [-0.05, 0) is 19.0 Å². The van der Waals surface area contributed by atoms with Crippen molar-refractivity contribution in [2.75, 3.05) is 27.9 Å². The number of hydrogen-bond acceptors (Lipinski definition) is 4. The molecule has 0 spiro atoms. The lowest BCUT2D eigenvalue weighted by molar-refractivity contribution is 0.345. The van der Waals surface area contributed by atoms with Gasteiger partial charge in [-0.25, -0.2) is 0 Å². The summed E-state index contributed by atoms with van der Waals surface area (Å²) in [6.45, 7) is 3.01. The second-order valence-electron chi connectivity index (χ2n) is 4.36. The number of methoxy groups -OCH3 is 3. The van der Waals surface area contributed by atoms with E-state index in [2.05, 4.69) is 18.2 Å². The maximum Gasteiger partial charge on any atom is 0.164 e. The molecule has 4 heteroatoms. The van der Waals surface area contributed by atoms with Crippen LogP contribution < -0.4 is 19.5 Å². The fourth-order valence-electron chi connectivity index (χ4n) is 2.05. The van der Waals surface area contributed by atoms with Crippen LogP contribution in [0, 0.1) is 12.3 Å². The summed E-state index contributed by atoms with van der Waals surface area (Å²) < 4.78 is 16.1. The number of rotatable bonds is 8. The summed E-state index contributed by atoms with van der Waals surface area (Å²) in [5.41, 5.74) is 0.983. The van der Waals surface area contributed by atoms with Crippen molar-refractivity contribution in [3.63, 3.8) is 0 Å². The molecule has 1 aromatic rings. The third-order valence-corrected chi connectivity index (χ3v) is 3.07. The summed E-state index contributed by atoms with van der Waals surface area (Å²) in [5, 5.41) is 3.43. The Kier molecular flexibility index (Phi) is 6.75. The van der Waals surface area contributed by atoms with Crippen LogP contribution in [0.1, 0.15) is 31.4 Å². The van der Waals surface area contributed by atoms with E-state index in [1.54, 1.807) is 21.3 Å². The summed E-state index contributed by atoms with van der Waals surface area (Å²) in [4.78, 5) is 0. The molecule has 0 heterocycles. The summed E-state index contributed by atoms with van der Waals surface area (Å²) in [6.07, 6.45) is 7.10. The summed E-state index contributed by atoms with van der Waals surface area (Å²) >= 11 is 0. The van der Waals surface area contributed by atoms with Crippen molar-refractivity contribution < 1.29 is 14.2 Å². The maximum atomic E-state index is 5.47. The molecule has 0 aliphatic heterocycles. The quantitative estimate of drug-likeness (QED) is 0.742. The van der Waals surface area contributed by atoms with E-state index in [-0.39, 0.29) is 6.04 Å². The van der Waals surface area contributed by atoms with Gasteiger partial charge in [0.1, 0.15) is 5.75 Å². The van der Waals surface area contributed by atoms with Crippen LogP contribution in [0.25, 0.3) is 0 Å². The van der Waals surface area contributed by atoms with E-state index in [1.165, 1.54) is 0 Å². The molecule has 0 aliphatic rings. The average molecular weight is 277 g/mol. The number of terminal acetylenes is 1. The molecule has 1 rings (SSSR count). The maximum absolute atomic E-state index is 5.47. The lowest BCUT2D eigenvalue weighted by Gasteiger charge is -2.21. The molecule has 0 fully saturated rings.